The van der Waals surface area contributed by atoms with Gasteiger partial charge in [0.25, 0.3) is 0 Å². The molecule has 0 saturated carbocycles. The third kappa shape index (κ3) is 6.25. The summed E-state index contributed by atoms with van der Waals surface area (Å²) < 4.78 is 7.44. The fraction of sp³-hybridized carbons (Fsp3) is 0. The number of hydrogen-bond acceptors (Lipinski definition) is 1. The molecular weight excluding hydrogens is 791 g/mol. The zero-order valence-corrected chi connectivity index (χ0v) is 46.5. The molecule has 0 aliphatic carbocycles. The summed E-state index contributed by atoms with van der Waals surface area (Å²) in [5.74, 6) is 0. The van der Waals surface area contributed by atoms with Crippen LogP contribution < -0.4 is 137 Å². The zero-order chi connectivity index (χ0) is 50.1. The molecule has 1 heterocycles. The molecule has 68 heavy (non-hydrogen) atoms. The Hall–Kier alpha value is -4.04. The molecule has 9 aromatic rings. The largest absolute Gasteiger partial charge is 0.457 e. The third-order valence-electron chi connectivity index (χ3n) is 19.3. The standard InChI is InChI=1S/C42H51B25O/c43-2-1-3(44)18(45)20(47)4(2)7-8(22(49)32(59)31(58)21(7)48)5-9-11(25(52)35(62)33(60)23(9)50)6(12-10(5)24(51)34(61)36(63)26(12)53)13-14-17-19(46)15-16(29(56)38(65)37(64)28(15)55)30(57)42(17)68-41(14)40(67)39(66)27(13)54/h1H,43-67H2. The van der Waals surface area contributed by atoms with E-state index in [0.29, 0.717) is 0 Å². The number of furan rings is 1. The smallest absolute Gasteiger partial charge is 0.145 e. The SMILES string of the molecule is Bc1cc(B)c(-c2c(B)c(B)c(B)c(B)c2-c2c3c(B)c(B)c(B)c(B)c3c(-c3c(B)c(B)c(B)c4oc5c(B)c6c(B)c(B)c(B)c(B)c6c(B)c5c34)c3c(B)c(B)c(B)c(B)c23)c(B)c1B. The van der Waals surface area contributed by atoms with Crippen molar-refractivity contribution in [2.24, 2.45) is 0 Å². The van der Waals surface area contributed by atoms with Crippen LogP contribution >= 0.6 is 0 Å². The topological polar surface area (TPSA) is 13.1 Å². The van der Waals surface area contributed by atoms with E-state index in [1.807, 2.05) is 0 Å². The van der Waals surface area contributed by atoms with Gasteiger partial charge in [-0.25, -0.2) is 0 Å². The number of rotatable bonds is 3. The van der Waals surface area contributed by atoms with Gasteiger partial charge in [-0.05, 0) is 71.2 Å². The fourth-order valence-electron chi connectivity index (χ4n) is 13.4. The highest BCUT2D eigenvalue weighted by Crippen LogP contribution is 2.44. The quantitative estimate of drug-likeness (QED) is 0.128. The van der Waals surface area contributed by atoms with Crippen LogP contribution in [0.15, 0.2) is 10.5 Å². The van der Waals surface area contributed by atoms with Crippen molar-refractivity contribution in [1.82, 2.24) is 0 Å². The molecular formula is C42H51B25O. The van der Waals surface area contributed by atoms with Gasteiger partial charge in [0.15, 0.2) is 0 Å². The summed E-state index contributed by atoms with van der Waals surface area (Å²) in [6.07, 6.45) is 0. The molecule has 1 nitrogen and oxygen atoms in total. The van der Waals surface area contributed by atoms with E-state index in [4.69, 9.17) is 4.42 Å². The van der Waals surface area contributed by atoms with Gasteiger partial charge in [-0.1, -0.05) is 88.0 Å². The molecule has 8 aromatic carbocycles. The molecule has 9 rings (SSSR count). The predicted octanol–water partition coefficient (Wildman–Crippen LogP) is -31.5. The first-order valence-corrected chi connectivity index (χ1v) is 25.2. The van der Waals surface area contributed by atoms with Gasteiger partial charge in [0.05, 0.1) is 0 Å². The fourth-order valence-corrected chi connectivity index (χ4v) is 13.4. The lowest BCUT2D eigenvalue weighted by Crippen LogP contribution is -2.52. The summed E-state index contributed by atoms with van der Waals surface area (Å²) in [5, 5.41) is 10.8. The molecule has 0 atom stereocenters. The van der Waals surface area contributed by atoms with E-state index in [1.54, 1.807) is 0 Å². The van der Waals surface area contributed by atoms with Crippen molar-refractivity contribution in [3.05, 3.63) is 6.07 Å². The van der Waals surface area contributed by atoms with Crippen LogP contribution in [0, 0.1) is 0 Å². The van der Waals surface area contributed by atoms with Gasteiger partial charge in [-0.15, -0.1) is 49.2 Å². The summed E-state index contributed by atoms with van der Waals surface area (Å²) in [4.78, 5) is 0. The van der Waals surface area contributed by atoms with E-state index < -0.39 is 0 Å². The highest BCUT2D eigenvalue weighted by Gasteiger charge is 2.32. The van der Waals surface area contributed by atoms with E-state index >= 15 is 0 Å². The second kappa shape index (κ2) is 16.5. The van der Waals surface area contributed by atoms with Crippen LogP contribution in [0.4, 0.5) is 0 Å². The second-order valence-electron chi connectivity index (χ2n) is 21.9. The van der Waals surface area contributed by atoms with Crippen molar-refractivity contribution in [2.75, 3.05) is 0 Å². The first-order valence-electron chi connectivity index (χ1n) is 25.2. The Bertz CT molecular complexity index is 3830. The minimum Gasteiger partial charge on any atom is -0.457 e. The highest BCUT2D eigenvalue weighted by molar-refractivity contribution is 6.76. The van der Waals surface area contributed by atoms with Crippen molar-refractivity contribution < 1.29 is 4.42 Å². The number of hydrogen-bond donors (Lipinski definition) is 0. The van der Waals surface area contributed by atoms with Crippen LogP contribution in [-0.2, 0) is 0 Å². The summed E-state index contributed by atoms with van der Waals surface area (Å²) in [7, 11) is 59.0. The molecule has 0 radical (unpaired) electrons. The van der Waals surface area contributed by atoms with Crippen LogP contribution in [0.25, 0.3) is 87.6 Å². The maximum atomic E-state index is 7.44. The molecule has 300 valence electrons. The summed E-state index contributed by atoms with van der Waals surface area (Å²) in [6, 6.07) is 2.43. The van der Waals surface area contributed by atoms with Gasteiger partial charge < -0.3 is 4.42 Å². The molecule has 1 aromatic heterocycles. The van der Waals surface area contributed by atoms with E-state index in [0.717, 1.165) is 11.2 Å². The van der Waals surface area contributed by atoms with Crippen molar-refractivity contribution in [2.45, 2.75) is 0 Å². The zero-order valence-electron chi connectivity index (χ0n) is 46.5. The molecule has 0 aliphatic heterocycles. The van der Waals surface area contributed by atoms with Crippen LogP contribution in [0.1, 0.15) is 0 Å². The lowest BCUT2D eigenvalue weighted by molar-refractivity contribution is 0.675. The molecule has 0 fully saturated rings. The Morgan fingerprint density at radius 3 is 0.897 bits per heavy atom. The van der Waals surface area contributed by atoms with E-state index in [9.17, 15) is 0 Å². The van der Waals surface area contributed by atoms with Crippen LogP contribution in [0.2, 0.25) is 0 Å². The van der Waals surface area contributed by atoms with Gasteiger partial charge in [-0.2, -0.15) is 0 Å². The van der Waals surface area contributed by atoms with Gasteiger partial charge in [0.1, 0.15) is 207 Å². The molecule has 0 unspecified atom stereocenters. The molecule has 0 bridgehead atoms. The Balaban J connectivity index is 1.69. The lowest BCUT2D eigenvalue weighted by Gasteiger charge is -2.32. The Morgan fingerprint density at radius 1 is 0.176 bits per heavy atom. The number of fused-ring (bicyclic) bond motifs is 6. The maximum Gasteiger partial charge on any atom is 0.145 e. The van der Waals surface area contributed by atoms with E-state index in [2.05, 4.69) is 202 Å². The average Bonchev–Trinajstić information content (AvgIpc) is 3.71. The van der Waals surface area contributed by atoms with Crippen molar-refractivity contribution in [1.29, 1.82) is 0 Å². The van der Waals surface area contributed by atoms with Crippen LogP contribution in [0.5, 0.6) is 0 Å². The van der Waals surface area contributed by atoms with E-state index in [1.165, 1.54) is 213 Å². The predicted molar refractivity (Wildman–Crippen MR) is 387 cm³/mol. The summed E-state index contributed by atoms with van der Waals surface area (Å²) in [5.41, 5.74) is 44.2. The van der Waals surface area contributed by atoms with Gasteiger partial charge in [0, 0.05) is 10.8 Å². The molecule has 0 N–H and O–H groups in total. The lowest BCUT2D eigenvalue weighted by atomic mass is 9.56. The van der Waals surface area contributed by atoms with E-state index in [-0.39, 0.29) is 0 Å². The normalized spacial score (nSPS) is 11.8. The number of benzene rings is 8. The van der Waals surface area contributed by atoms with Gasteiger partial charge in [0.2, 0.25) is 0 Å². The minimum atomic E-state index is 1.02. The summed E-state index contributed by atoms with van der Waals surface area (Å²) in [6.45, 7) is 0. The monoisotopic (exact) mass is 847 g/mol. The molecule has 0 amide bonds. The molecule has 26 heteroatoms. The van der Waals surface area contributed by atoms with Crippen molar-refractivity contribution in [3.8, 4) is 33.4 Å². The third-order valence-corrected chi connectivity index (χ3v) is 19.3. The van der Waals surface area contributed by atoms with Crippen LogP contribution in [0.3, 0.4) is 0 Å². The first-order chi connectivity index (χ1) is 31.7. The Morgan fingerprint density at radius 2 is 0.471 bits per heavy atom. The molecule has 0 saturated heterocycles. The maximum absolute atomic E-state index is 7.44. The molecule has 0 aliphatic rings. The summed E-state index contributed by atoms with van der Waals surface area (Å²) >= 11 is 0. The van der Waals surface area contributed by atoms with Crippen LogP contribution in [-0.4, -0.2) is 196 Å². The highest BCUT2D eigenvalue weighted by atomic mass is 16.3. The molecule has 0 spiro atoms. The first kappa shape index (κ1) is 49.0. The van der Waals surface area contributed by atoms with Gasteiger partial charge in [-0.3, -0.25) is 0 Å². The Kier molecular flexibility index (Phi) is 11.9. The van der Waals surface area contributed by atoms with Gasteiger partial charge >= 0.3 is 0 Å². The van der Waals surface area contributed by atoms with Crippen molar-refractivity contribution in [3.63, 3.8) is 0 Å². The second-order valence-corrected chi connectivity index (χ2v) is 21.9. The van der Waals surface area contributed by atoms with Crippen molar-refractivity contribution >= 4 is 387 Å². The average molecular weight is 842 g/mol. The Labute approximate surface area is 428 Å². The minimum absolute atomic E-state index is 1.02.